The van der Waals surface area contributed by atoms with Gasteiger partial charge in [-0.1, -0.05) is 30.3 Å². The molecule has 1 aromatic heterocycles. The number of carbonyl (C=O) groups is 1. The molecule has 0 radical (unpaired) electrons. The van der Waals surface area contributed by atoms with Crippen LogP contribution in [0.2, 0.25) is 0 Å². The largest absolute Gasteiger partial charge is 0.469 e. The zero-order valence-corrected chi connectivity index (χ0v) is 14.5. The van der Waals surface area contributed by atoms with Crippen molar-refractivity contribution in [3.05, 3.63) is 59.5 Å². The number of carbonyl (C=O) groups excluding carboxylic acids is 1. The second kappa shape index (κ2) is 7.09. The molecule has 128 valence electrons. The molecule has 1 aliphatic heterocycles. The van der Waals surface area contributed by atoms with Gasteiger partial charge in [0.1, 0.15) is 5.76 Å². The van der Waals surface area contributed by atoms with E-state index >= 15 is 0 Å². The number of hydrogen-bond donors (Lipinski definition) is 1. The number of likely N-dealkylation sites (tertiary alicyclic amines) is 1. The number of urea groups is 1. The summed E-state index contributed by atoms with van der Waals surface area (Å²) >= 11 is 0. The van der Waals surface area contributed by atoms with Crippen molar-refractivity contribution < 1.29 is 9.21 Å². The lowest BCUT2D eigenvalue weighted by Gasteiger charge is -2.28. The van der Waals surface area contributed by atoms with Crippen molar-refractivity contribution in [2.45, 2.75) is 32.0 Å². The topological polar surface area (TPSA) is 48.7 Å². The Morgan fingerprint density at radius 2 is 2.08 bits per heavy atom. The number of likely N-dealkylation sites (N-methyl/N-ethyl adjacent to an activating group) is 1. The molecule has 2 aromatic rings. The van der Waals surface area contributed by atoms with Gasteiger partial charge in [-0.2, -0.15) is 0 Å². The van der Waals surface area contributed by atoms with Crippen molar-refractivity contribution >= 4 is 6.03 Å². The molecule has 24 heavy (non-hydrogen) atoms. The second-order valence-electron chi connectivity index (χ2n) is 6.54. The van der Waals surface area contributed by atoms with Gasteiger partial charge in [-0.25, -0.2) is 4.79 Å². The zero-order chi connectivity index (χ0) is 17.1. The molecule has 1 fully saturated rings. The third-order valence-corrected chi connectivity index (χ3v) is 4.82. The Kier molecular flexibility index (Phi) is 4.90. The van der Waals surface area contributed by atoms with Crippen LogP contribution in [0.5, 0.6) is 0 Å². The Morgan fingerprint density at radius 3 is 2.75 bits per heavy atom. The highest BCUT2D eigenvalue weighted by atomic mass is 16.3. The molecule has 0 unspecified atom stereocenters. The highest BCUT2D eigenvalue weighted by molar-refractivity contribution is 5.74. The summed E-state index contributed by atoms with van der Waals surface area (Å²) in [4.78, 5) is 16.6. The van der Waals surface area contributed by atoms with Crippen LogP contribution in [0.25, 0.3) is 0 Å². The van der Waals surface area contributed by atoms with Gasteiger partial charge in [0.2, 0.25) is 0 Å². The van der Waals surface area contributed by atoms with Gasteiger partial charge in [-0.05, 0) is 32.0 Å². The van der Waals surface area contributed by atoms with E-state index in [1.165, 1.54) is 5.56 Å². The zero-order valence-electron chi connectivity index (χ0n) is 14.5. The summed E-state index contributed by atoms with van der Waals surface area (Å²) in [5, 5.41) is 3.20. The summed E-state index contributed by atoms with van der Waals surface area (Å²) in [7, 11) is 3.93. The van der Waals surface area contributed by atoms with Crippen molar-refractivity contribution in [3.8, 4) is 0 Å². The van der Waals surface area contributed by atoms with Gasteiger partial charge in [-0.15, -0.1) is 0 Å². The summed E-state index contributed by atoms with van der Waals surface area (Å²) in [5.74, 6) is 0.859. The minimum atomic E-state index is -0.0446. The average Bonchev–Trinajstić information content (AvgIpc) is 3.14. The first-order valence-corrected chi connectivity index (χ1v) is 8.36. The average molecular weight is 327 g/mol. The van der Waals surface area contributed by atoms with Crippen molar-refractivity contribution in [2.24, 2.45) is 0 Å². The molecule has 2 atom stereocenters. The van der Waals surface area contributed by atoms with E-state index < -0.39 is 0 Å². The number of rotatable bonds is 4. The Labute approximate surface area is 143 Å². The van der Waals surface area contributed by atoms with Gasteiger partial charge in [0.15, 0.2) is 0 Å². The van der Waals surface area contributed by atoms with Crippen LogP contribution in [0.4, 0.5) is 4.79 Å². The molecule has 5 heteroatoms. The smallest absolute Gasteiger partial charge is 0.317 e. The molecule has 1 N–H and O–H groups in total. The summed E-state index contributed by atoms with van der Waals surface area (Å²) < 4.78 is 5.30. The SMILES string of the molecule is Cc1occc1CN(C)C(=O)N[C@H]1CCN(C)[C@@H]1c1ccccc1. The van der Waals surface area contributed by atoms with Gasteiger partial charge in [0, 0.05) is 19.2 Å². The summed E-state index contributed by atoms with van der Waals surface area (Å²) in [5.41, 5.74) is 2.28. The van der Waals surface area contributed by atoms with Crippen LogP contribution in [-0.4, -0.2) is 42.5 Å². The predicted octanol–water partition coefficient (Wildman–Crippen LogP) is 3.17. The standard InChI is InChI=1S/C19H25N3O2/c1-14-16(10-12-24-14)13-22(3)19(23)20-17-9-11-21(2)18(17)15-7-5-4-6-8-15/h4-8,10,12,17-18H,9,11,13H2,1-3H3,(H,20,23)/t17-,18+/m0/s1. The molecule has 0 saturated carbocycles. The molecule has 0 aliphatic carbocycles. The third kappa shape index (κ3) is 3.46. The summed E-state index contributed by atoms with van der Waals surface area (Å²) in [6.45, 7) is 3.44. The molecule has 2 heterocycles. The maximum absolute atomic E-state index is 12.6. The van der Waals surface area contributed by atoms with Crippen molar-refractivity contribution in [2.75, 3.05) is 20.6 Å². The van der Waals surface area contributed by atoms with E-state index in [1.807, 2.05) is 38.2 Å². The first-order chi connectivity index (χ1) is 11.6. The van der Waals surface area contributed by atoms with Crippen LogP contribution in [0, 0.1) is 6.92 Å². The Balaban J connectivity index is 1.65. The van der Waals surface area contributed by atoms with Crippen LogP contribution < -0.4 is 5.32 Å². The first kappa shape index (κ1) is 16.6. The van der Waals surface area contributed by atoms with E-state index in [-0.39, 0.29) is 18.1 Å². The van der Waals surface area contributed by atoms with Gasteiger partial charge >= 0.3 is 6.03 Å². The lowest BCUT2D eigenvalue weighted by Crippen LogP contribution is -2.45. The highest BCUT2D eigenvalue weighted by Gasteiger charge is 2.34. The minimum absolute atomic E-state index is 0.0446. The quantitative estimate of drug-likeness (QED) is 0.938. The number of nitrogens with one attached hydrogen (secondary N) is 1. The Bertz CT molecular complexity index is 683. The molecular formula is C19H25N3O2. The fourth-order valence-corrected chi connectivity index (χ4v) is 3.41. The van der Waals surface area contributed by atoms with Crippen LogP contribution in [0.15, 0.2) is 47.1 Å². The van der Waals surface area contributed by atoms with Gasteiger partial charge in [0.05, 0.1) is 24.9 Å². The highest BCUT2D eigenvalue weighted by Crippen LogP contribution is 2.30. The number of nitrogens with zero attached hydrogens (tertiary/aromatic N) is 2. The van der Waals surface area contributed by atoms with E-state index in [0.29, 0.717) is 6.54 Å². The lowest BCUT2D eigenvalue weighted by molar-refractivity contribution is 0.197. The predicted molar refractivity (Wildman–Crippen MR) is 93.7 cm³/mol. The number of hydrogen-bond acceptors (Lipinski definition) is 3. The minimum Gasteiger partial charge on any atom is -0.469 e. The van der Waals surface area contributed by atoms with Crippen LogP contribution in [-0.2, 0) is 6.54 Å². The van der Waals surface area contributed by atoms with E-state index in [2.05, 4.69) is 29.4 Å². The Morgan fingerprint density at radius 1 is 1.33 bits per heavy atom. The van der Waals surface area contributed by atoms with E-state index in [1.54, 1.807) is 11.2 Å². The van der Waals surface area contributed by atoms with Crippen LogP contribution in [0.3, 0.4) is 0 Å². The second-order valence-corrected chi connectivity index (χ2v) is 6.54. The molecule has 1 saturated heterocycles. The van der Waals surface area contributed by atoms with Crippen molar-refractivity contribution in [1.29, 1.82) is 0 Å². The molecule has 0 bridgehead atoms. The molecule has 0 spiro atoms. The van der Waals surface area contributed by atoms with Gasteiger partial charge in [-0.3, -0.25) is 4.90 Å². The molecule has 5 nitrogen and oxygen atoms in total. The number of amides is 2. The van der Waals surface area contributed by atoms with E-state index in [0.717, 1.165) is 24.3 Å². The molecule has 2 amide bonds. The molecule has 1 aromatic carbocycles. The Hall–Kier alpha value is -2.27. The summed E-state index contributed by atoms with van der Waals surface area (Å²) in [6.07, 6.45) is 2.62. The third-order valence-electron chi connectivity index (χ3n) is 4.82. The van der Waals surface area contributed by atoms with Crippen molar-refractivity contribution in [3.63, 3.8) is 0 Å². The molecular weight excluding hydrogens is 302 g/mol. The number of benzene rings is 1. The number of aryl methyl sites for hydroxylation is 1. The van der Waals surface area contributed by atoms with E-state index in [4.69, 9.17) is 4.42 Å². The maximum Gasteiger partial charge on any atom is 0.317 e. The summed E-state index contributed by atoms with van der Waals surface area (Å²) in [6, 6.07) is 12.6. The number of furan rings is 1. The van der Waals surface area contributed by atoms with E-state index in [9.17, 15) is 4.79 Å². The van der Waals surface area contributed by atoms with Crippen LogP contribution >= 0.6 is 0 Å². The molecule has 1 aliphatic rings. The fourth-order valence-electron chi connectivity index (χ4n) is 3.41. The monoisotopic (exact) mass is 327 g/mol. The molecule has 3 rings (SSSR count). The fraction of sp³-hybridized carbons (Fsp3) is 0.421. The van der Waals surface area contributed by atoms with Crippen molar-refractivity contribution in [1.82, 2.24) is 15.1 Å². The lowest BCUT2D eigenvalue weighted by atomic mass is 10.0. The van der Waals surface area contributed by atoms with Gasteiger partial charge < -0.3 is 14.6 Å². The van der Waals surface area contributed by atoms with Crippen LogP contribution in [0.1, 0.15) is 29.3 Å². The first-order valence-electron chi connectivity index (χ1n) is 8.36. The van der Waals surface area contributed by atoms with Gasteiger partial charge in [0.25, 0.3) is 0 Å². The maximum atomic E-state index is 12.6. The normalized spacial score (nSPS) is 21.0.